The Morgan fingerprint density at radius 1 is 1.17 bits per heavy atom. The van der Waals surface area contributed by atoms with Gasteiger partial charge in [-0.25, -0.2) is 4.98 Å². The van der Waals surface area contributed by atoms with Crippen molar-refractivity contribution >= 4 is 17.2 Å². The summed E-state index contributed by atoms with van der Waals surface area (Å²) < 4.78 is 39.0. The van der Waals surface area contributed by atoms with Crippen LogP contribution >= 0.6 is 11.3 Å². The van der Waals surface area contributed by atoms with Gasteiger partial charge in [-0.2, -0.15) is 13.2 Å². The summed E-state index contributed by atoms with van der Waals surface area (Å²) in [7, 11) is 0. The van der Waals surface area contributed by atoms with E-state index in [0.29, 0.717) is 18.7 Å². The maximum Gasteiger partial charge on any atom is 0.417 e. The predicted octanol–water partition coefficient (Wildman–Crippen LogP) is 3.66. The molecule has 0 spiro atoms. The molecule has 0 bridgehead atoms. The van der Waals surface area contributed by atoms with E-state index >= 15 is 0 Å². The second-order valence-electron chi connectivity index (χ2n) is 6.49. The number of carbonyl (C=O) groups excluding carboxylic acids is 1. The molecule has 0 aliphatic carbocycles. The summed E-state index contributed by atoms with van der Waals surface area (Å²) in [4.78, 5) is 28.2. The van der Waals surface area contributed by atoms with Crippen LogP contribution in [0.5, 0.6) is 0 Å². The van der Waals surface area contributed by atoms with E-state index in [0.717, 1.165) is 32.5 Å². The summed E-state index contributed by atoms with van der Waals surface area (Å²) in [5.74, 6) is -0.541. The minimum absolute atomic E-state index is 0.267. The highest BCUT2D eigenvalue weighted by Crippen LogP contribution is 2.28. The number of pyridine rings is 1. The van der Waals surface area contributed by atoms with Crippen molar-refractivity contribution in [3.8, 4) is 10.6 Å². The van der Waals surface area contributed by atoms with Gasteiger partial charge in [0.1, 0.15) is 11.6 Å². The van der Waals surface area contributed by atoms with Gasteiger partial charge in [-0.1, -0.05) is 29.8 Å². The van der Waals surface area contributed by atoms with Crippen LogP contribution in [-0.4, -0.2) is 22.0 Å². The van der Waals surface area contributed by atoms with Crippen molar-refractivity contribution in [3.05, 3.63) is 75.1 Å². The molecular formula is C20H18F3N3O2S. The maximum absolute atomic E-state index is 12.7. The molecule has 5 nitrogen and oxygen atoms in total. The zero-order valence-electron chi connectivity index (χ0n) is 15.5. The van der Waals surface area contributed by atoms with Crippen LogP contribution in [0, 0.1) is 6.92 Å². The number of benzene rings is 1. The molecule has 3 aromatic rings. The number of hydrogen-bond donors (Lipinski definition) is 1. The summed E-state index contributed by atoms with van der Waals surface area (Å²) in [6.45, 7) is 1.80. The number of nitrogens with one attached hydrogen (secondary N) is 1. The van der Waals surface area contributed by atoms with E-state index in [9.17, 15) is 22.8 Å². The Morgan fingerprint density at radius 2 is 1.90 bits per heavy atom. The molecule has 0 aliphatic rings. The molecule has 0 saturated heterocycles. The molecule has 1 amide bonds. The summed E-state index contributed by atoms with van der Waals surface area (Å²) in [6.07, 6.45) is -3.45. The Morgan fingerprint density at radius 3 is 2.59 bits per heavy atom. The first-order valence-electron chi connectivity index (χ1n) is 8.78. The summed E-state index contributed by atoms with van der Waals surface area (Å²) >= 11 is 1.50. The van der Waals surface area contributed by atoms with Gasteiger partial charge < -0.3 is 9.88 Å². The van der Waals surface area contributed by atoms with Crippen LogP contribution < -0.4 is 10.9 Å². The van der Waals surface area contributed by atoms with Gasteiger partial charge in [-0.3, -0.25) is 9.59 Å². The van der Waals surface area contributed by atoms with E-state index in [1.165, 1.54) is 11.3 Å². The molecule has 0 fully saturated rings. The molecule has 152 valence electrons. The van der Waals surface area contributed by atoms with Gasteiger partial charge in [0.2, 0.25) is 5.91 Å². The minimum Gasteiger partial charge on any atom is -0.354 e. The van der Waals surface area contributed by atoms with E-state index in [4.69, 9.17) is 0 Å². The predicted molar refractivity (Wildman–Crippen MR) is 105 cm³/mol. The number of aryl methyl sites for hydroxylation is 1. The molecule has 29 heavy (non-hydrogen) atoms. The largest absolute Gasteiger partial charge is 0.417 e. The van der Waals surface area contributed by atoms with Crippen molar-refractivity contribution in [2.45, 2.75) is 26.1 Å². The van der Waals surface area contributed by atoms with Crippen molar-refractivity contribution in [1.82, 2.24) is 14.9 Å². The number of carbonyl (C=O) groups is 1. The second-order valence-corrected chi connectivity index (χ2v) is 7.35. The quantitative estimate of drug-likeness (QED) is 0.661. The van der Waals surface area contributed by atoms with Crippen molar-refractivity contribution in [2.24, 2.45) is 0 Å². The topological polar surface area (TPSA) is 64.0 Å². The van der Waals surface area contributed by atoms with E-state index in [-0.39, 0.29) is 6.54 Å². The third-order valence-corrected chi connectivity index (χ3v) is 5.12. The molecule has 9 heteroatoms. The average Bonchev–Trinajstić information content (AvgIpc) is 3.12. The third-order valence-electron chi connectivity index (χ3n) is 4.18. The molecule has 3 rings (SSSR count). The monoisotopic (exact) mass is 421 g/mol. The van der Waals surface area contributed by atoms with Gasteiger partial charge in [0.15, 0.2) is 0 Å². The standard InChI is InChI=1S/C20H18F3N3O2S/c1-13-2-4-14(5-3-13)19-25-16(12-29-19)8-9-24-17(27)11-26-10-15(20(21,22)23)6-7-18(26)28/h2-7,10,12H,8-9,11H2,1H3,(H,24,27). The Bertz CT molecular complexity index is 1060. The summed E-state index contributed by atoms with van der Waals surface area (Å²) in [5, 5.41) is 5.38. The van der Waals surface area contributed by atoms with Crippen LogP contribution in [0.25, 0.3) is 10.6 Å². The van der Waals surface area contributed by atoms with Gasteiger partial charge in [0, 0.05) is 36.2 Å². The Balaban J connectivity index is 1.54. The molecule has 1 N–H and O–H groups in total. The van der Waals surface area contributed by atoms with Gasteiger partial charge >= 0.3 is 6.18 Å². The smallest absolute Gasteiger partial charge is 0.354 e. The Kier molecular flexibility index (Phi) is 6.17. The lowest BCUT2D eigenvalue weighted by atomic mass is 10.2. The van der Waals surface area contributed by atoms with E-state index in [1.54, 1.807) is 0 Å². The lowest BCUT2D eigenvalue weighted by Crippen LogP contribution is -2.33. The molecule has 0 saturated carbocycles. The van der Waals surface area contributed by atoms with Crippen LogP contribution in [0.4, 0.5) is 13.2 Å². The SMILES string of the molecule is Cc1ccc(-c2nc(CCNC(=O)Cn3cc(C(F)(F)F)ccc3=O)cs2)cc1. The third kappa shape index (κ3) is 5.54. The highest BCUT2D eigenvalue weighted by molar-refractivity contribution is 7.13. The van der Waals surface area contributed by atoms with Crippen LogP contribution in [0.15, 0.2) is 52.8 Å². The first-order valence-corrected chi connectivity index (χ1v) is 9.66. The normalized spacial score (nSPS) is 11.4. The lowest BCUT2D eigenvalue weighted by Gasteiger charge is -2.10. The highest BCUT2D eigenvalue weighted by Gasteiger charge is 2.31. The number of aromatic nitrogens is 2. The molecule has 0 unspecified atom stereocenters. The van der Waals surface area contributed by atoms with Crippen LogP contribution in [0.2, 0.25) is 0 Å². The van der Waals surface area contributed by atoms with Crippen LogP contribution in [0.1, 0.15) is 16.8 Å². The van der Waals surface area contributed by atoms with Crippen molar-refractivity contribution in [1.29, 1.82) is 0 Å². The maximum atomic E-state index is 12.7. The highest BCUT2D eigenvalue weighted by atomic mass is 32.1. The average molecular weight is 421 g/mol. The number of rotatable bonds is 6. The molecule has 1 aromatic carbocycles. The fraction of sp³-hybridized carbons (Fsp3) is 0.250. The summed E-state index contributed by atoms with van der Waals surface area (Å²) in [6, 6.07) is 9.50. The van der Waals surface area contributed by atoms with Crippen molar-refractivity contribution < 1.29 is 18.0 Å². The first-order chi connectivity index (χ1) is 13.7. The number of amides is 1. The van der Waals surface area contributed by atoms with Gasteiger partial charge in [0.05, 0.1) is 11.3 Å². The molecule has 2 heterocycles. The molecule has 0 radical (unpaired) electrons. The fourth-order valence-electron chi connectivity index (χ4n) is 2.61. The number of alkyl halides is 3. The van der Waals surface area contributed by atoms with Gasteiger partial charge in [-0.15, -0.1) is 11.3 Å². The number of halogens is 3. The van der Waals surface area contributed by atoms with Crippen molar-refractivity contribution in [3.63, 3.8) is 0 Å². The molecule has 0 aliphatic heterocycles. The number of thiazole rings is 1. The van der Waals surface area contributed by atoms with E-state index < -0.39 is 29.8 Å². The van der Waals surface area contributed by atoms with Crippen LogP contribution in [-0.2, 0) is 23.9 Å². The minimum atomic E-state index is -4.58. The van der Waals surface area contributed by atoms with Crippen molar-refractivity contribution in [2.75, 3.05) is 6.54 Å². The van der Waals surface area contributed by atoms with E-state index in [1.807, 2.05) is 36.6 Å². The molecule has 0 atom stereocenters. The molecule has 2 aromatic heterocycles. The van der Waals surface area contributed by atoms with Gasteiger partial charge in [-0.05, 0) is 13.0 Å². The fourth-order valence-corrected chi connectivity index (χ4v) is 3.47. The van der Waals surface area contributed by atoms with Gasteiger partial charge in [0.25, 0.3) is 5.56 Å². The Labute approximate surface area is 168 Å². The Hall–Kier alpha value is -2.94. The summed E-state index contributed by atoms with van der Waals surface area (Å²) in [5.41, 5.74) is 1.33. The zero-order valence-corrected chi connectivity index (χ0v) is 16.3. The first kappa shape index (κ1) is 20.8. The second kappa shape index (κ2) is 8.60. The van der Waals surface area contributed by atoms with Crippen LogP contribution in [0.3, 0.4) is 0 Å². The molecular weight excluding hydrogens is 403 g/mol. The number of hydrogen-bond acceptors (Lipinski definition) is 4. The number of nitrogens with zero attached hydrogens (tertiary/aromatic N) is 2. The zero-order chi connectivity index (χ0) is 21.0. The lowest BCUT2D eigenvalue weighted by molar-refractivity contribution is -0.138. The van der Waals surface area contributed by atoms with E-state index in [2.05, 4.69) is 10.3 Å².